The smallest absolute Gasteiger partial charge is 0.242 e. The summed E-state index contributed by atoms with van der Waals surface area (Å²) in [7, 11) is 0. The Morgan fingerprint density at radius 1 is 1.61 bits per heavy atom. The Morgan fingerprint density at radius 3 is 3.11 bits per heavy atom. The average molecular weight is 249 g/mol. The molecule has 0 aliphatic carbocycles. The van der Waals surface area contributed by atoms with Crippen LogP contribution in [0.25, 0.3) is 0 Å². The van der Waals surface area contributed by atoms with E-state index in [0.29, 0.717) is 26.3 Å². The number of likely N-dealkylation sites (N-methyl/N-ethyl adjacent to an activating group) is 1. The number of amides is 1. The minimum absolute atomic E-state index is 0.0860. The molecular weight excluding hydrogens is 230 g/mol. The van der Waals surface area contributed by atoms with Crippen LogP contribution >= 0.6 is 0 Å². The predicted molar refractivity (Wildman–Crippen MR) is 67.9 cm³/mol. The van der Waals surface area contributed by atoms with E-state index in [-0.39, 0.29) is 11.9 Å². The fourth-order valence-electron chi connectivity index (χ4n) is 1.98. The lowest BCUT2D eigenvalue weighted by atomic mass is 10.2. The standard InChI is InChI=1S/C13H19N3O2/c1-2-16(9-11-5-3-4-6-14-11)13(17)12-10-18-8-7-15-12/h3-6,12,15H,2,7-10H2,1H3. The molecule has 1 unspecified atom stereocenters. The number of morpholine rings is 1. The minimum Gasteiger partial charge on any atom is -0.378 e. The Labute approximate surface area is 107 Å². The van der Waals surface area contributed by atoms with Gasteiger partial charge in [-0.15, -0.1) is 0 Å². The zero-order chi connectivity index (χ0) is 12.8. The van der Waals surface area contributed by atoms with Crippen molar-refractivity contribution in [3.8, 4) is 0 Å². The molecule has 1 saturated heterocycles. The Bertz CT molecular complexity index is 377. The van der Waals surface area contributed by atoms with Crippen molar-refractivity contribution in [2.45, 2.75) is 19.5 Å². The molecule has 18 heavy (non-hydrogen) atoms. The van der Waals surface area contributed by atoms with Crippen molar-refractivity contribution >= 4 is 5.91 Å². The lowest BCUT2D eigenvalue weighted by Gasteiger charge is -2.29. The van der Waals surface area contributed by atoms with Crippen LogP contribution in [0.4, 0.5) is 0 Å². The van der Waals surface area contributed by atoms with Crippen molar-refractivity contribution in [1.29, 1.82) is 0 Å². The molecule has 1 aromatic rings. The first-order chi connectivity index (χ1) is 8.81. The fraction of sp³-hybridized carbons (Fsp3) is 0.538. The van der Waals surface area contributed by atoms with Crippen LogP contribution in [0.3, 0.4) is 0 Å². The monoisotopic (exact) mass is 249 g/mol. The molecule has 98 valence electrons. The highest BCUT2D eigenvalue weighted by atomic mass is 16.5. The molecule has 2 rings (SSSR count). The molecule has 1 N–H and O–H groups in total. The van der Waals surface area contributed by atoms with Crippen LogP contribution in [0.1, 0.15) is 12.6 Å². The Balaban J connectivity index is 1.97. The number of aromatic nitrogens is 1. The van der Waals surface area contributed by atoms with Gasteiger partial charge in [0.05, 0.1) is 25.5 Å². The number of pyridine rings is 1. The first kappa shape index (κ1) is 13.0. The minimum atomic E-state index is -0.220. The van der Waals surface area contributed by atoms with E-state index in [9.17, 15) is 4.79 Å². The molecule has 0 aromatic carbocycles. The van der Waals surface area contributed by atoms with E-state index in [2.05, 4.69) is 10.3 Å². The van der Waals surface area contributed by atoms with Crippen molar-refractivity contribution in [3.05, 3.63) is 30.1 Å². The zero-order valence-corrected chi connectivity index (χ0v) is 10.6. The molecule has 0 spiro atoms. The molecule has 2 heterocycles. The van der Waals surface area contributed by atoms with Gasteiger partial charge in [0.15, 0.2) is 0 Å². The first-order valence-corrected chi connectivity index (χ1v) is 6.31. The zero-order valence-electron chi connectivity index (χ0n) is 10.6. The van der Waals surface area contributed by atoms with Gasteiger partial charge in [-0.25, -0.2) is 0 Å². The third-order valence-electron chi connectivity index (χ3n) is 2.99. The van der Waals surface area contributed by atoms with Gasteiger partial charge in [-0.05, 0) is 19.1 Å². The van der Waals surface area contributed by atoms with E-state index < -0.39 is 0 Å². The summed E-state index contributed by atoms with van der Waals surface area (Å²) in [6.07, 6.45) is 1.75. The molecule has 0 radical (unpaired) electrons. The number of carbonyl (C=O) groups is 1. The first-order valence-electron chi connectivity index (χ1n) is 6.31. The third-order valence-corrected chi connectivity index (χ3v) is 2.99. The quantitative estimate of drug-likeness (QED) is 0.840. The van der Waals surface area contributed by atoms with Gasteiger partial charge in [0, 0.05) is 19.3 Å². The highest BCUT2D eigenvalue weighted by Gasteiger charge is 2.25. The van der Waals surface area contributed by atoms with E-state index in [1.54, 1.807) is 11.1 Å². The maximum atomic E-state index is 12.3. The van der Waals surface area contributed by atoms with Crippen LogP contribution in [0, 0.1) is 0 Å². The number of ether oxygens (including phenoxy) is 1. The van der Waals surface area contributed by atoms with Gasteiger partial charge < -0.3 is 15.0 Å². The van der Waals surface area contributed by atoms with Crippen LogP contribution in [0.15, 0.2) is 24.4 Å². The summed E-state index contributed by atoms with van der Waals surface area (Å²) in [5.41, 5.74) is 0.907. The van der Waals surface area contributed by atoms with Gasteiger partial charge in [0.25, 0.3) is 0 Å². The van der Waals surface area contributed by atoms with Crippen molar-refractivity contribution in [2.75, 3.05) is 26.3 Å². The SMILES string of the molecule is CCN(Cc1ccccn1)C(=O)C1COCCN1. The maximum Gasteiger partial charge on any atom is 0.242 e. The summed E-state index contributed by atoms with van der Waals surface area (Å²) in [6, 6.07) is 5.52. The van der Waals surface area contributed by atoms with Crippen LogP contribution in [-0.4, -0.2) is 48.1 Å². The van der Waals surface area contributed by atoms with Crippen molar-refractivity contribution in [3.63, 3.8) is 0 Å². The molecule has 1 fully saturated rings. The maximum absolute atomic E-state index is 12.3. The van der Waals surface area contributed by atoms with Crippen LogP contribution in [0.5, 0.6) is 0 Å². The van der Waals surface area contributed by atoms with E-state index in [1.807, 2.05) is 25.1 Å². The number of hydrogen-bond donors (Lipinski definition) is 1. The topological polar surface area (TPSA) is 54.5 Å². The van der Waals surface area contributed by atoms with E-state index >= 15 is 0 Å². The molecule has 1 amide bonds. The number of nitrogens with one attached hydrogen (secondary N) is 1. The molecule has 5 heteroatoms. The summed E-state index contributed by atoms with van der Waals surface area (Å²) in [4.78, 5) is 18.3. The largest absolute Gasteiger partial charge is 0.378 e. The molecule has 1 aromatic heterocycles. The average Bonchev–Trinajstić information content (AvgIpc) is 2.46. The number of carbonyl (C=O) groups excluding carboxylic acids is 1. The number of nitrogens with zero attached hydrogens (tertiary/aromatic N) is 2. The molecule has 1 atom stereocenters. The summed E-state index contributed by atoms with van der Waals surface area (Å²) >= 11 is 0. The molecule has 5 nitrogen and oxygen atoms in total. The molecule has 0 saturated carbocycles. The second-order valence-corrected chi connectivity index (χ2v) is 4.26. The van der Waals surface area contributed by atoms with Gasteiger partial charge in [-0.1, -0.05) is 6.07 Å². The van der Waals surface area contributed by atoms with E-state index in [4.69, 9.17) is 4.74 Å². The number of rotatable bonds is 4. The predicted octanol–water partition coefficient (Wildman–Crippen LogP) is 0.418. The van der Waals surface area contributed by atoms with Crippen LogP contribution in [0.2, 0.25) is 0 Å². The third kappa shape index (κ3) is 3.27. The van der Waals surface area contributed by atoms with Gasteiger partial charge in [0.1, 0.15) is 6.04 Å². The Hall–Kier alpha value is -1.46. The number of hydrogen-bond acceptors (Lipinski definition) is 4. The van der Waals surface area contributed by atoms with Gasteiger partial charge >= 0.3 is 0 Å². The van der Waals surface area contributed by atoms with E-state index in [1.165, 1.54) is 0 Å². The summed E-state index contributed by atoms with van der Waals surface area (Å²) in [6.45, 7) is 5.07. The lowest BCUT2D eigenvalue weighted by Crippen LogP contribution is -2.52. The molecule has 0 bridgehead atoms. The Morgan fingerprint density at radius 2 is 2.50 bits per heavy atom. The summed E-state index contributed by atoms with van der Waals surface area (Å²) in [5, 5.41) is 3.18. The summed E-state index contributed by atoms with van der Waals surface area (Å²) < 4.78 is 5.32. The van der Waals surface area contributed by atoms with E-state index in [0.717, 1.165) is 12.2 Å². The fourth-order valence-corrected chi connectivity index (χ4v) is 1.98. The Kier molecular flexibility index (Phi) is 4.66. The highest BCUT2D eigenvalue weighted by molar-refractivity contribution is 5.82. The van der Waals surface area contributed by atoms with Gasteiger partial charge in [-0.3, -0.25) is 9.78 Å². The molecule has 1 aliphatic heterocycles. The van der Waals surface area contributed by atoms with Crippen LogP contribution < -0.4 is 5.32 Å². The second-order valence-electron chi connectivity index (χ2n) is 4.26. The lowest BCUT2D eigenvalue weighted by molar-refractivity contribution is -0.136. The highest BCUT2D eigenvalue weighted by Crippen LogP contribution is 2.05. The van der Waals surface area contributed by atoms with Gasteiger partial charge in [-0.2, -0.15) is 0 Å². The molecule has 1 aliphatic rings. The molecular formula is C13H19N3O2. The summed E-state index contributed by atoms with van der Waals surface area (Å²) in [5.74, 6) is 0.0860. The van der Waals surface area contributed by atoms with Gasteiger partial charge in [0.2, 0.25) is 5.91 Å². The second kappa shape index (κ2) is 6.47. The van der Waals surface area contributed by atoms with Crippen molar-refractivity contribution in [2.24, 2.45) is 0 Å². The van der Waals surface area contributed by atoms with Crippen molar-refractivity contribution < 1.29 is 9.53 Å². The van der Waals surface area contributed by atoms with Crippen LogP contribution in [-0.2, 0) is 16.1 Å². The normalized spacial score (nSPS) is 19.5. The van der Waals surface area contributed by atoms with Crippen molar-refractivity contribution in [1.82, 2.24) is 15.2 Å².